The third-order valence-corrected chi connectivity index (χ3v) is 2.24. The Morgan fingerprint density at radius 3 is 2.92 bits per heavy atom. The van der Waals surface area contributed by atoms with Gasteiger partial charge in [-0.2, -0.15) is 0 Å². The van der Waals surface area contributed by atoms with E-state index in [4.69, 9.17) is 4.74 Å². The van der Waals surface area contributed by atoms with Crippen LogP contribution in [-0.2, 0) is 14.3 Å². The second kappa shape index (κ2) is 5.19. The zero-order chi connectivity index (χ0) is 9.68. The fourth-order valence-corrected chi connectivity index (χ4v) is 1.44. The van der Waals surface area contributed by atoms with Gasteiger partial charge in [-0.25, -0.2) is 0 Å². The number of hydrogen-bond donors (Lipinski definition) is 0. The second-order valence-electron chi connectivity index (χ2n) is 3.37. The van der Waals surface area contributed by atoms with Gasteiger partial charge in [0.2, 0.25) is 0 Å². The van der Waals surface area contributed by atoms with E-state index >= 15 is 0 Å². The average molecular weight is 187 g/mol. The number of esters is 1. The van der Waals surface area contributed by atoms with Gasteiger partial charge >= 0.3 is 5.97 Å². The number of likely N-dealkylation sites (N-methyl/N-ethyl adjacent to an activating group) is 1. The number of hydrogen-bond acceptors (Lipinski definition) is 4. The molecule has 0 N–H and O–H groups in total. The Morgan fingerprint density at radius 1 is 1.62 bits per heavy atom. The van der Waals surface area contributed by atoms with Gasteiger partial charge in [0.15, 0.2) is 0 Å². The highest BCUT2D eigenvalue weighted by Crippen LogP contribution is 2.10. The van der Waals surface area contributed by atoms with Crippen molar-refractivity contribution in [1.29, 1.82) is 0 Å². The van der Waals surface area contributed by atoms with Gasteiger partial charge in [-0.15, -0.1) is 0 Å². The summed E-state index contributed by atoms with van der Waals surface area (Å²) in [5.74, 6) is -0.202. The van der Waals surface area contributed by atoms with Gasteiger partial charge in [0.1, 0.15) is 0 Å². The van der Waals surface area contributed by atoms with Crippen LogP contribution in [0.15, 0.2) is 0 Å². The molecule has 1 aliphatic rings. The van der Waals surface area contributed by atoms with Crippen molar-refractivity contribution in [1.82, 2.24) is 4.90 Å². The summed E-state index contributed by atoms with van der Waals surface area (Å²) >= 11 is 0. The Hall–Kier alpha value is -0.610. The molecule has 0 unspecified atom stereocenters. The lowest BCUT2D eigenvalue weighted by atomic mass is 10.3. The zero-order valence-electron chi connectivity index (χ0n) is 8.28. The first kappa shape index (κ1) is 10.5. The number of likely N-dealkylation sites (tertiary alicyclic amines) is 1. The highest BCUT2D eigenvalue weighted by atomic mass is 16.5. The quantitative estimate of drug-likeness (QED) is 0.592. The van der Waals surface area contributed by atoms with Gasteiger partial charge in [-0.05, 0) is 13.5 Å². The van der Waals surface area contributed by atoms with Crippen LogP contribution in [0.3, 0.4) is 0 Å². The maximum Gasteiger partial charge on any atom is 0.307 e. The van der Waals surface area contributed by atoms with E-state index in [0.29, 0.717) is 19.1 Å². The van der Waals surface area contributed by atoms with Crippen LogP contribution >= 0.6 is 0 Å². The number of rotatable bonds is 4. The molecule has 0 amide bonds. The van der Waals surface area contributed by atoms with Crippen LogP contribution in [-0.4, -0.2) is 50.8 Å². The molecule has 1 saturated heterocycles. The van der Waals surface area contributed by atoms with Crippen molar-refractivity contribution >= 4 is 5.97 Å². The molecule has 76 valence electrons. The highest BCUT2D eigenvalue weighted by Gasteiger charge is 2.19. The summed E-state index contributed by atoms with van der Waals surface area (Å²) in [4.78, 5) is 13.0. The maximum absolute atomic E-state index is 10.7. The SMILES string of the molecule is COC(=O)CCO[C@H]1CCN(C)C1. The summed E-state index contributed by atoms with van der Waals surface area (Å²) in [6, 6.07) is 0. The Morgan fingerprint density at radius 2 is 2.38 bits per heavy atom. The second-order valence-corrected chi connectivity index (χ2v) is 3.37. The van der Waals surface area contributed by atoms with Crippen LogP contribution in [0.25, 0.3) is 0 Å². The first-order valence-corrected chi connectivity index (χ1v) is 4.59. The molecule has 0 radical (unpaired) electrons. The fourth-order valence-electron chi connectivity index (χ4n) is 1.44. The first-order valence-electron chi connectivity index (χ1n) is 4.59. The molecule has 1 fully saturated rings. The lowest BCUT2D eigenvalue weighted by Gasteiger charge is -2.10. The van der Waals surface area contributed by atoms with Crippen LogP contribution in [0, 0.1) is 0 Å². The van der Waals surface area contributed by atoms with Gasteiger partial charge in [0.05, 0.1) is 26.2 Å². The predicted octanol–water partition coefficient (Wildman–Crippen LogP) is 0.270. The summed E-state index contributed by atoms with van der Waals surface area (Å²) in [5, 5.41) is 0. The van der Waals surface area contributed by atoms with E-state index in [1.54, 1.807) is 0 Å². The van der Waals surface area contributed by atoms with E-state index in [-0.39, 0.29) is 5.97 Å². The molecule has 0 aromatic rings. The summed E-state index contributed by atoms with van der Waals surface area (Å²) in [7, 11) is 3.47. The number of methoxy groups -OCH3 is 1. The Balaban J connectivity index is 2.03. The van der Waals surface area contributed by atoms with E-state index in [9.17, 15) is 4.79 Å². The third kappa shape index (κ3) is 3.74. The zero-order valence-corrected chi connectivity index (χ0v) is 8.28. The van der Waals surface area contributed by atoms with Gasteiger partial charge in [-0.1, -0.05) is 0 Å². The minimum absolute atomic E-state index is 0.202. The molecule has 0 spiro atoms. The van der Waals surface area contributed by atoms with Crippen LogP contribution in [0.5, 0.6) is 0 Å². The minimum Gasteiger partial charge on any atom is -0.469 e. The van der Waals surface area contributed by atoms with Crippen LogP contribution < -0.4 is 0 Å². The number of carbonyl (C=O) groups excluding carboxylic acids is 1. The van der Waals surface area contributed by atoms with E-state index in [2.05, 4.69) is 16.7 Å². The lowest BCUT2D eigenvalue weighted by molar-refractivity contribution is -0.142. The maximum atomic E-state index is 10.7. The Labute approximate surface area is 78.8 Å². The monoisotopic (exact) mass is 187 g/mol. The summed E-state index contributed by atoms with van der Waals surface area (Å²) in [6.07, 6.45) is 1.73. The molecular weight excluding hydrogens is 170 g/mol. The molecule has 13 heavy (non-hydrogen) atoms. The van der Waals surface area contributed by atoms with Crippen molar-refractivity contribution in [2.75, 3.05) is 33.9 Å². The van der Waals surface area contributed by atoms with Crippen molar-refractivity contribution in [3.63, 3.8) is 0 Å². The third-order valence-electron chi connectivity index (χ3n) is 2.24. The molecular formula is C9H17NO3. The highest BCUT2D eigenvalue weighted by molar-refractivity contribution is 5.69. The lowest BCUT2D eigenvalue weighted by Crippen LogP contribution is -2.20. The average Bonchev–Trinajstić information content (AvgIpc) is 2.51. The number of ether oxygens (including phenoxy) is 2. The van der Waals surface area contributed by atoms with Gasteiger partial charge < -0.3 is 14.4 Å². The van der Waals surface area contributed by atoms with Crippen molar-refractivity contribution in [2.24, 2.45) is 0 Å². The van der Waals surface area contributed by atoms with Crippen LogP contribution in [0.1, 0.15) is 12.8 Å². The van der Waals surface area contributed by atoms with Crippen LogP contribution in [0.2, 0.25) is 0 Å². The van der Waals surface area contributed by atoms with E-state index in [0.717, 1.165) is 19.5 Å². The molecule has 0 aromatic carbocycles. The van der Waals surface area contributed by atoms with Gasteiger partial charge in [0, 0.05) is 13.1 Å². The summed E-state index contributed by atoms with van der Waals surface area (Å²) in [5.41, 5.74) is 0. The Bertz CT molecular complexity index is 172. The molecule has 0 bridgehead atoms. The number of nitrogens with zero attached hydrogens (tertiary/aromatic N) is 1. The summed E-state index contributed by atoms with van der Waals surface area (Å²) in [6.45, 7) is 2.54. The van der Waals surface area contributed by atoms with Crippen LogP contribution in [0.4, 0.5) is 0 Å². The smallest absolute Gasteiger partial charge is 0.307 e. The molecule has 1 heterocycles. The fraction of sp³-hybridized carbons (Fsp3) is 0.889. The molecule has 1 atom stereocenters. The van der Waals surface area contributed by atoms with Gasteiger partial charge in [-0.3, -0.25) is 4.79 Å². The molecule has 4 heteroatoms. The molecule has 0 saturated carbocycles. The topological polar surface area (TPSA) is 38.8 Å². The normalized spacial score (nSPS) is 23.4. The molecule has 0 aliphatic carbocycles. The Kier molecular flexibility index (Phi) is 4.18. The van der Waals surface area contributed by atoms with Crippen molar-refractivity contribution < 1.29 is 14.3 Å². The van der Waals surface area contributed by atoms with Crippen molar-refractivity contribution in [2.45, 2.75) is 18.9 Å². The standard InChI is InChI=1S/C9H17NO3/c1-10-5-3-8(7-10)13-6-4-9(11)12-2/h8H,3-7H2,1-2H3/t8-/m0/s1. The number of carbonyl (C=O) groups is 1. The molecule has 1 aliphatic heterocycles. The summed E-state index contributed by atoms with van der Waals surface area (Å²) < 4.78 is 10.0. The van der Waals surface area contributed by atoms with Crippen molar-refractivity contribution in [3.8, 4) is 0 Å². The minimum atomic E-state index is -0.202. The van der Waals surface area contributed by atoms with Gasteiger partial charge in [0.25, 0.3) is 0 Å². The predicted molar refractivity (Wildman–Crippen MR) is 48.5 cm³/mol. The molecule has 4 nitrogen and oxygen atoms in total. The van der Waals surface area contributed by atoms with Crippen molar-refractivity contribution in [3.05, 3.63) is 0 Å². The largest absolute Gasteiger partial charge is 0.469 e. The van der Waals surface area contributed by atoms with E-state index < -0.39 is 0 Å². The van der Waals surface area contributed by atoms with E-state index in [1.807, 2.05) is 0 Å². The molecule has 1 rings (SSSR count). The molecule has 0 aromatic heterocycles. The van der Waals surface area contributed by atoms with E-state index in [1.165, 1.54) is 7.11 Å². The first-order chi connectivity index (χ1) is 6.22.